The minimum atomic E-state index is -0.123. The van der Waals surface area contributed by atoms with Crippen LogP contribution in [-0.4, -0.2) is 51.1 Å². The number of morpholine rings is 1. The highest BCUT2D eigenvalue weighted by molar-refractivity contribution is 6.30. The van der Waals surface area contributed by atoms with Crippen LogP contribution in [0.25, 0.3) is 5.69 Å². The number of benzene rings is 1. The summed E-state index contributed by atoms with van der Waals surface area (Å²) >= 11 is 5.87. The van der Waals surface area contributed by atoms with Crippen LogP contribution >= 0.6 is 11.6 Å². The molecule has 0 bridgehead atoms. The van der Waals surface area contributed by atoms with E-state index >= 15 is 0 Å². The van der Waals surface area contributed by atoms with Crippen LogP contribution in [0.2, 0.25) is 5.02 Å². The van der Waals surface area contributed by atoms with Gasteiger partial charge in [-0.3, -0.25) is 4.79 Å². The van der Waals surface area contributed by atoms with E-state index in [-0.39, 0.29) is 18.1 Å². The maximum absolute atomic E-state index is 12.5. The summed E-state index contributed by atoms with van der Waals surface area (Å²) in [5, 5.41) is 8.65. The van der Waals surface area contributed by atoms with Gasteiger partial charge in [-0.15, -0.1) is 5.10 Å². The van der Waals surface area contributed by atoms with E-state index in [4.69, 9.17) is 16.3 Å². The van der Waals surface area contributed by atoms with Crippen LogP contribution in [0.3, 0.4) is 0 Å². The van der Waals surface area contributed by atoms with Gasteiger partial charge in [-0.05, 0) is 38.1 Å². The number of rotatable bonds is 2. The van der Waals surface area contributed by atoms with Crippen molar-refractivity contribution in [3.05, 3.63) is 41.2 Å². The van der Waals surface area contributed by atoms with E-state index < -0.39 is 0 Å². The summed E-state index contributed by atoms with van der Waals surface area (Å²) in [6.07, 6.45) is 1.69. The quantitative estimate of drug-likeness (QED) is 0.851. The van der Waals surface area contributed by atoms with Crippen molar-refractivity contribution in [2.45, 2.75) is 26.1 Å². The molecule has 3 rings (SSSR count). The van der Waals surface area contributed by atoms with E-state index in [9.17, 15) is 4.79 Å². The van der Waals surface area contributed by atoms with Gasteiger partial charge >= 0.3 is 0 Å². The molecule has 1 fully saturated rings. The molecule has 1 saturated heterocycles. The standard InChI is InChI=1S/C15H17ClN4O2/c1-10-7-19(8-11(2)22-10)15(21)14-9-20(18-17-14)13-5-3-12(16)4-6-13/h3-6,9-11H,7-8H2,1-2H3/t10-,11+. The molecule has 22 heavy (non-hydrogen) atoms. The molecule has 6 nitrogen and oxygen atoms in total. The van der Waals surface area contributed by atoms with Crippen molar-refractivity contribution in [3.8, 4) is 5.69 Å². The first-order chi connectivity index (χ1) is 10.5. The Balaban J connectivity index is 1.78. The van der Waals surface area contributed by atoms with Crippen molar-refractivity contribution in [2.24, 2.45) is 0 Å². The second-order valence-corrected chi connectivity index (χ2v) is 5.93. The highest BCUT2D eigenvalue weighted by Crippen LogP contribution is 2.15. The first kappa shape index (κ1) is 15.0. The van der Waals surface area contributed by atoms with Gasteiger partial charge < -0.3 is 9.64 Å². The molecule has 0 spiro atoms. The molecule has 0 radical (unpaired) electrons. The summed E-state index contributed by atoms with van der Waals surface area (Å²) in [5.74, 6) is -0.123. The normalized spacial score (nSPS) is 21.9. The number of hydrogen-bond acceptors (Lipinski definition) is 4. The third kappa shape index (κ3) is 3.13. The number of ether oxygens (including phenoxy) is 1. The van der Waals surface area contributed by atoms with Crippen LogP contribution in [-0.2, 0) is 4.74 Å². The third-order valence-corrected chi connectivity index (χ3v) is 3.76. The predicted octanol–water partition coefficient (Wildman–Crippen LogP) is 2.17. The van der Waals surface area contributed by atoms with Gasteiger partial charge in [0.15, 0.2) is 5.69 Å². The third-order valence-electron chi connectivity index (χ3n) is 3.51. The average molecular weight is 321 g/mol. The molecule has 1 aromatic carbocycles. The second kappa shape index (κ2) is 6.06. The Kier molecular flexibility index (Phi) is 4.13. The zero-order valence-electron chi connectivity index (χ0n) is 12.4. The molecular weight excluding hydrogens is 304 g/mol. The van der Waals surface area contributed by atoms with Gasteiger partial charge in [-0.2, -0.15) is 0 Å². The van der Waals surface area contributed by atoms with Gasteiger partial charge in [-0.25, -0.2) is 4.68 Å². The SMILES string of the molecule is C[C@@H]1CN(C(=O)c2cn(-c3ccc(Cl)cc3)nn2)C[C@H](C)O1. The number of carbonyl (C=O) groups excluding carboxylic acids is 1. The Hall–Kier alpha value is -1.92. The van der Waals surface area contributed by atoms with E-state index in [0.29, 0.717) is 23.8 Å². The van der Waals surface area contributed by atoms with Crippen LogP contribution in [0.4, 0.5) is 0 Å². The van der Waals surface area contributed by atoms with Crippen molar-refractivity contribution in [1.29, 1.82) is 0 Å². The fourth-order valence-electron chi connectivity index (χ4n) is 2.59. The van der Waals surface area contributed by atoms with Gasteiger partial charge in [0.25, 0.3) is 5.91 Å². The smallest absolute Gasteiger partial charge is 0.276 e. The van der Waals surface area contributed by atoms with E-state index in [1.165, 1.54) is 0 Å². The predicted molar refractivity (Wildman–Crippen MR) is 82.3 cm³/mol. The molecule has 1 aromatic heterocycles. The zero-order valence-corrected chi connectivity index (χ0v) is 13.2. The summed E-state index contributed by atoms with van der Waals surface area (Å²) in [5.41, 5.74) is 1.14. The van der Waals surface area contributed by atoms with Crippen LogP contribution in [0.1, 0.15) is 24.3 Å². The number of amides is 1. The number of hydrogen-bond donors (Lipinski definition) is 0. The van der Waals surface area contributed by atoms with Gasteiger partial charge in [0.2, 0.25) is 0 Å². The Morgan fingerprint density at radius 2 is 1.86 bits per heavy atom. The molecule has 1 amide bonds. The minimum absolute atomic E-state index is 0.0269. The highest BCUT2D eigenvalue weighted by atomic mass is 35.5. The second-order valence-electron chi connectivity index (χ2n) is 5.49. The van der Waals surface area contributed by atoms with Crippen LogP contribution in [0.5, 0.6) is 0 Å². The molecule has 2 atom stereocenters. The van der Waals surface area contributed by atoms with Crippen molar-refractivity contribution in [3.63, 3.8) is 0 Å². The fraction of sp³-hybridized carbons (Fsp3) is 0.400. The summed E-state index contributed by atoms with van der Waals surface area (Å²) in [6, 6.07) is 7.19. The molecule has 1 aliphatic rings. The molecular formula is C15H17ClN4O2. The monoisotopic (exact) mass is 320 g/mol. The van der Waals surface area contributed by atoms with Gasteiger partial charge in [0.05, 0.1) is 24.1 Å². The fourth-order valence-corrected chi connectivity index (χ4v) is 2.71. The minimum Gasteiger partial charge on any atom is -0.372 e. The summed E-state index contributed by atoms with van der Waals surface area (Å²) in [7, 11) is 0. The van der Waals surface area contributed by atoms with E-state index in [0.717, 1.165) is 5.69 Å². The highest BCUT2D eigenvalue weighted by Gasteiger charge is 2.28. The summed E-state index contributed by atoms with van der Waals surface area (Å²) in [4.78, 5) is 14.3. The molecule has 2 aromatic rings. The van der Waals surface area contributed by atoms with Crippen LogP contribution < -0.4 is 0 Å². The summed E-state index contributed by atoms with van der Waals surface area (Å²) in [6.45, 7) is 5.05. The lowest BCUT2D eigenvalue weighted by Crippen LogP contribution is -2.48. The molecule has 0 N–H and O–H groups in total. The van der Waals surface area contributed by atoms with Gasteiger partial charge in [0.1, 0.15) is 0 Å². The summed E-state index contributed by atoms with van der Waals surface area (Å²) < 4.78 is 7.21. The van der Waals surface area contributed by atoms with E-state index in [1.54, 1.807) is 27.9 Å². The number of halogens is 1. The van der Waals surface area contributed by atoms with E-state index in [2.05, 4.69) is 10.3 Å². The lowest BCUT2D eigenvalue weighted by atomic mass is 10.2. The first-order valence-corrected chi connectivity index (χ1v) is 7.54. The topological polar surface area (TPSA) is 60.2 Å². The lowest BCUT2D eigenvalue weighted by molar-refractivity contribution is -0.0587. The number of carbonyl (C=O) groups is 1. The number of nitrogens with zero attached hydrogens (tertiary/aromatic N) is 4. The largest absolute Gasteiger partial charge is 0.372 e. The molecule has 2 heterocycles. The van der Waals surface area contributed by atoms with Crippen molar-refractivity contribution in [1.82, 2.24) is 19.9 Å². The van der Waals surface area contributed by atoms with Gasteiger partial charge in [-0.1, -0.05) is 16.8 Å². The molecule has 7 heteroatoms. The Labute approximate surface area is 133 Å². The molecule has 0 aliphatic carbocycles. The molecule has 116 valence electrons. The van der Waals surface area contributed by atoms with Gasteiger partial charge in [0, 0.05) is 18.1 Å². The van der Waals surface area contributed by atoms with Crippen molar-refractivity contribution in [2.75, 3.05) is 13.1 Å². The first-order valence-electron chi connectivity index (χ1n) is 7.16. The zero-order chi connectivity index (χ0) is 15.7. The Bertz CT molecular complexity index is 660. The van der Waals surface area contributed by atoms with Crippen LogP contribution in [0, 0.1) is 0 Å². The van der Waals surface area contributed by atoms with Crippen molar-refractivity contribution >= 4 is 17.5 Å². The maximum Gasteiger partial charge on any atom is 0.276 e. The average Bonchev–Trinajstić information content (AvgIpc) is 2.96. The van der Waals surface area contributed by atoms with E-state index in [1.807, 2.05) is 26.0 Å². The lowest BCUT2D eigenvalue weighted by Gasteiger charge is -2.34. The molecule has 0 saturated carbocycles. The Morgan fingerprint density at radius 1 is 1.23 bits per heavy atom. The Morgan fingerprint density at radius 3 is 2.50 bits per heavy atom. The number of aromatic nitrogens is 3. The molecule has 1 aliphatic heterocycles. The van der Waals surface area contributed by atoms with Crippen molar-refractivity contribution < 1.29 is 9.53 Å². The maximum atomic E-state index is 12.5. The molecule has 0 unspecified atom stereocenters. The van der Waals surface area contributed by atoms with Crippen LogP contribution in [0.15, 0.2) is 30.5 Å².